The third kappa shape index (κ3) is 3.59. The second kappa shape index (κ2) is 7.54. The van der Waals surface area contributed by atoms with Gasteiger partial charge in [-0.25, -0.2) is 4.79 Å². The van der Waals surface area contributed by atoms with Crippen molar-refractivity contribution in [1.29, 1.82) is 0 Å². The molecule has 1 aromatic carbocycles. The van der Waals surface area contributed by atoms with E-state index < -0.39 is 35.1 Å². The Morgan fingerprint density at radius 2 is 1.92 bits per heavy atom. The molecule has 25 heavy (non-hydrogen) atoms. The van der Waals surface area contributed by atoms with Gasteiger partial charge in [-0.3, -0.25) is 19.3 Å². The van der Waals surface area contributed by atoms with Crippen molar-refractivity contribution in [3.8, 4) is 0 Å². The van der Waals surface area contributed by atoms with Crippen molar-refractivity contribution in [2.75, 3.05) is 7.11 Å². The largest absolute Gasteiger partial charge is 0.479 e. The minimum absolute atomic E-state index is 0.168. The van der Waals surface area contributed by atoms with E-state index in [1.54, 1.807) is 24.3 Å². The lowest BCUT2D eigenvalue weighted by Gasteiger charge is -2.39. The zero-order chi connectivity index (χ0) is 18.6. The van der Waals surface area contributed by atoms with Crippen molar-refractivity contribution in [2.45, 2.75) is 37.8 Å². The summed E-state index contributed by atoms with van der Waals surface area (Å²) in [7, 11) is 1.31. The number of carbonyl (C=O) groups excluding carboxylic acids is 3. The Kier molecular flexibility index (Phi) is 5.66. The third-order valence-electron chi connectivity index (χ3n) is 4.28. The van der Waals surface area contributed by atoms with Gasteiger partial charge in [-0.15, -0.1) is 0 Å². The average molecular weight is 348 g/mol. The first-order valence-corrected chi connectivity index (χ1v) is 7.78. The highest BCUT2D eigenvalue weighted by atomic mass is 16.6. The molecule has 0 aromatic heterocycles. The monoisotopic (exact) mass is 348 g/mol. The quantitative estimate of drug-likeness (QED) is 0.562. The SMILES string of the molecule is CON[C@@H](Cc1ccccc1)C(=O)N1C(=O)CCC(=O)[C@]1(C)C(=O)O. The van der Waals surface area contributed by atoms with E-state index in [4.69, 9.17) is 4.84 Å². The molecule has 1 saturated heterocycles. The van der Waals surface area contributed by atoms with Crippen molar-refractivity contribution in [3.05, 3.63) is 35.9 Å². The first-order chi connectivity index (χ1) is 11.8. The lowest BCUT2D eigenvalue weighted by atomic mass is 9.85. The summed E-state index contributed by atoms with van der Waals surface area (Å²) in [5.41, 5.74) is 1.07. The summed E-state index contributed by atoms with van der Waals surface area (Å²) in [6.07, 6.45) is -0.230. The maximum Gasteiger partial charge on any atom is 0.337 e. The molecule has 0 aliphatic carbocycles. The standard InChI is InChI=1S/C17H20N2O6/c1-17(16(23)24)13(20)8-9-14(21)19(17)15(22)12(18-25-2)10-11-6-4-3-5-7-11/h3-7,12,18H,8-10H2,1-2H3,(H,23,24)/t12-,17+/m0/s1. The van der Waals surface area contributed by atoms with E-state index in [2.05, 4.69) is 5.48 Å². The predicted octanol–water partition coefficient (Wildman–Crippen LogP) is 0.310. The minimum atomic E-state index is -2.21. The molecule has 1 heterocycles. The third-order valence-corrected chi connectivity index (χ3v) is 4.28. The summed E-state index contributed by atoms with van der Waals surface area (Å²) in [5.74, 6) is -3.71. The van der Waals surface area contributed by atoms with Crippen LogP contribution in [0.3, 0.4) is 0 Å². The number of hydrogen-bond donors (Lipinski definition) is 2. The van der Waals surface area contributed by atoms with Crippen LogP contribution in [0, 0.1) is 0 Å². The summed E-state index contributed by atoms with van der Waals surface area (Å²) in [6, 6.07) is 7.97. The predicted molar refractivity (Wildman–Crippen MR) is 86.2 cm³/mol. The van der Waals surface area contributed by atoms with Crippen molar-refractivity contribution in [2.24, 2.45) is 0 Å². The van der Waals surface area contributed by atoms with Crippen molar-refractivity contribution >= 4 is 23.6 Å². The van der Waals surface area contributed by atoms with Gasteiger partial charge in [-0.1, -0.05) is 30.3 Å². The number of carboxylic acid groups (broad SMARTS) is 1. The van der Waals surface area contributed by atoms with Crippen LogP contribution in [0.2, 0.25) is 0 Å². The van der Waals surface area contributed by atoms with Crippen LogP contribution in [-0.2, 0) is 30.4 Å². The molecule has 1 aliphatic rings. The molecule has 2 atom stereocenters. The van der Waals surface area contributed by atoms with Crippen LogP contribution in [0.25, 0.3) is 0 Å². The Morgan fingerprint density at radius 1 is 1.28 bits per heavy atom. The number of nitrogens with one attached hydrogen (secondary N) is 1. The van der Waals surface area contributed by atoms with Gasteiger partial charge >= 0.3 is 5.97 Å². The highest BCUT2D eigenvalue weighted by Crippen LogP contribution is 2.27. The van der Waals surface area contributed by atoms with Gasteiger partial charge in [0.2, 0.25) is 17.4 Å². The van der Waals surface area contributed by atoms with E-state index >= 15 is 0 Å². The fourth-order valence-corrected chi connectivity index (χ4v) is 2.84. The molecule has 1 aliphatic heterocycles. The molecule has 8 heteroatoms. The molecule has 8 nitrogen and oxygen atoms in total. The van der Waals surface area contributed by atoms with Gasteiger partial charge < -0.3 is 9.94 Å². The highest BCUT2D eigenvalue weighted by molar-refractivity contribution is 6.18. The Hall–Kier alpha value is -2.58. The number of likely N-dealkylation sites (tertiary alicyclic amines) is 1. The number of carbonyl (C=O) groups is 4. The van der Waals surface area contributed by atoms with E-state index in [0.29, 0.717) is 4.90 Å². The molecule has 2 N–H and O–H groups in total. The molecular weight excluding hydrogens is 328 g/mol. The number of nitrogens with zero attached hydrogens (tertiary/aromatic N) is 1. The Labute approximate surface area is 144 Å². The zero-order valence-electron chi connectivity index (χ0n) is 14.0. The van der Waals surface area contributed by atoms with E-state index in [1.165, 1.54) is 7.11 Å². The molecule has 0 bridgehead atoms. The fraction of sp³-hybridized carbons (Fsp3) is 0.412. The first kappa shape index (κ1) is 18.8. The fourth-order valence-electron chi connectivity index (χ4n) is 2.84. The minimum Gasteiger partial charge on any atom is -0.479 e. The molecular formula is C17H20N2O6. The van der Waals surface area contributed by atoms with Gasteiger partial charge in [0, 0.05) is 12.8 Å². The van der Waals surface area contributed by atoms with E-state index in [0.717, 1.165) is 12.5 Å². The van der Waals surface area contributed by atoms with Gasteiger partial charge in [0.25, 0.3) is 0 Å². The Morgan fingerprint density at radius 3 is 2.48 bits per heavy atom. The number of ketones is 1. The van der Waals surface area contributed by atoms with Crippen molar-refractivity contribution in [1.82, 2.24) is 10.4 Å². The number of rotatable bonds is 6. The molecule has 0 spiro atoms. The van der Waals surface area contributed by atoms with Crippen molar-refractivity contribution < 1.29 is 29.1 Å². The number of aliphatic carboxylic acids is 1. The average Bonchev–Trinajstić information content (AvgIpc) is 2.58. The second-order valence-corrected chi connectivity index (χ2v) is 5.93. The van der Waals surface area contributed by atoms with E-state index in [1.807, 2.05) is 6.07 Å². The van der Waals surface area contributed by atoms with Crippen LogP contribution >= 0.6 is 0 Å². The van der Waals surface area contributed by atoms with Crippen LogP contribution in [0.5, 0.6) is 0 Å². The Balaban J connectivity index is 2.36. The molecule has 0 unspecified atom stereocenters. The number of benzene rings is 1. The topological polar surface area (TPSA) is 113 Å². The van der Waals surface area contributed by atoms with Crippen LogP contribution < -0.4 is 5.48 Å². The summed E-state index contributed by atoms with van der Waals surface area (Å²) in [5, 5.41) is 9.49. The zero-order valence-corrected chi connectivity index (χ0v) is 14.0. The second-order valence-electron chi connectivity index (χ2n) is 5.93. The lowest BCUT2D eigenvalue weighted by molar-refractivity contribution is -0.174. The summed E-state index contributed by atoms with van der Waals surface area (Å²) in [4.78, 5) is 54.4. The number of amides is 2. The van der Waals surface area contributed by atoms with Crippen LogP contribution in [0.15, 0.2) is 30.3 Å². The van der Waals surface area contributed by atoms with Crippen molar-refractivity contribution in [3.63, 3.8) is 0 Å². The van der Waals surface area contributed by atoms with Crippen LogP contribution in [0.1, 0.15) is 25.3 Å². The number of hydrogen-bond acceptors (Lipinski definition) is 6. The van der Waals surface area contributed by atoms with Crippen LogP contribution in [0.4, 0.5) is 0 Å². The molecule has 0 saturated carbocycles. The molecule has 134 valence electrons. The van der Waals surface area contributed by atoms with E-state index in [-0.39, 0.29) is 19.3 Å². The molecule has 1 fully saturated rings. The molecule has 2 amide bonds. The van der Waals surface area contributed by atoms with Gasteiger partial charge in [0.05, 0.1) is 7.11 Å². The summed E-state index contributed by atoms with van der Waals surface area (Å²) >= 11 is 0. The number of piperidine rings is 1. The molecule has 1 aromatic rings. The molecule has 2 rings (SSSR count). The Bertz CT molecular complexity index is 690. The summed E-state index contributed by atoms with van der Waals surface area (Å²) in [6.45, 7) is 1.08. The van der Waals surface area contributed by atoms with E-state index in [9.17, 15) is 24.3 Å². The van der Waals surface area contributed by atoms with Gasteiger partial charge in [-0.05, 0) is 18.9 Å². The number of imide groups is 1. The number of hydroxylamine groups is 1. The van der Waals surface area contributed by atoms with Crippen LogP contribution in [-0.4, -0.2) is 52.3 Å². The highest BCUT2D eigenvalue weighted by Gasteiger charge is 2.55. The maximum absolute atomic E-state index is 12.9. The molecule has 0 radical (unpaired) electrons. The number of Topliss-reactive ketones (excluding diaryl/α,β-unsaturated/α-hetero) is 1. The summed E-state index contributed by atoms with van der Waals surface area (Å²) < 4.78 is 0. The maximum atomic E-state index is 12.9. The van der Waals surface area contributed by atoms with Gasteiger partial charge in [0.15, 0.2) is 5.78 Å². The lowest BCUT2D eigenvalue weighted by Crippen LogP contribution is -2.67. The van der Waals surface area contributed by atoms with Gasteiger partial charge in [-0.2, -0.15) is 5.48 Å². The smallest absolute Gasteiger partial charge is 0.337 e. The first-order valence-electron chi connectivity index (χ1n) is 7.78. The van der Waals surface area contributed by atoms with Gasteiger partial charge in [0.1, 0.15) is 6.04 Å². The normalized spacial score (nSPS) is 21.9. The number of carboxylic acids is 1.